The van der Waals surface area contributed by atoms with Crippen molar-refractivity contribution in [3.05, 3.63) is 82.9 Å². The molecule has 0 aliphatic rings. The van der Waals surface area contributed by atoms with E-state index in [9.17, 15) is 18.0 Å². The maximum atomic E-state index is 12.7. The minimum atomic E-state index is -4.43. The van der Waals surface area contributed by atoms with E-state index >= 15 is 0 Å². The number of alkyl halides is 3. The summed E-state index contributed by atoms with van der Waals surface area (Å²) in [6.07, 6.45) is -4.43. The van der Waals surface area contributed by atoms with E-state index in [4.69, 9.17) is 11.6 Å². The van der Waals surface area contributed by atoms with E-state index < -0.39 is 17.8 Å². The van der Waals surface area contributed by atoms with Gasteiger partial charge in [-0.1, -0.05) is 41.4 Å². The van der Waals surface area contributed by atoms with Gasteiger partial charge in [0, 0.05) is 34.7 Å². The molecule has 0 saturated heterocycles. The van der Waals surface area contributed by atoms with Gasteiger partial charge in [0.25, 0.3) is 0 Å². The van der Waals surface area contributed by atoms with Crippen molar-refractivity contribution in [1.82, 2.24) is 15.3 Å². The van der Waals surface area contributed by atoms with Gasteiger partial charge in [-0.2, -0.15) is 13.2 Å². The zero-order valence-electron chi connectivity index (χ0n) is 18.6. The topological polar surface area (TPSA) is 78.9 Å². The molecule has 10 heteroatoms. The maximum absolute atomic E-state index is 12.7. The lowest BCUT2D eigenvalue weighted by Gasteiger charge is -2.13. The van der Waals surface area contributed by atoms with E-state index in [1.165, 1.54) is 12.1 Å². The fourth-order valence-corrected chi connectivity index (χ4v) is 3.51. The molecule has 2 amide bonds. The van der Waals surface area contributed by atoms with Gasteiger partial charge in [-0.3, -0.25) is 0 Å². The first-order valence-corrected chi connectivity index (χ1v) is 11.1. The first-order chi connectivity index (χ1) is 16.7. The Bertz CT molecular complexity index is 1340. The van der Waals surface area contributed by atoms with Crippen molar-refractivity contribution in [2.75, 3.05) is 23.7 Å². The highest BCUT2D eigenvalue weighted by Crippen LogP contribution is 2.30. The molecule has 0 aliphatic heterocycles. The van der Waals surface area contributed by atoms with Crippen LogP contribution in [0.3, 0.4) is 0 Å². The van der Waals surface area contributed by atoms with Crippen LogP contribution in [0.5, 0.6) is 0 Å². The van der Waals surface area contributed by atoms with Gasteiger partial charge in [0.2, 0.25) is 0 Å². The Morgan fingerprint density at radius 3 is 2.34 bits per heavy atom. The lowest BCUT2D eigenvalue weighted by molar-refractivity contribution is -0.137. The molecule has 3 N–H and O–H groups in total. The van der Waals surface area contributed by atoms with Gasteiger partial charge >= 0.3 is 12.2 Å². The summed E-state index contributed by atoms with van der Waals surface area (Å²) in [5.41, 5.74) is 2.13. The van der Waals surface area contributed by atoms with Crippen LogP contribution in [-0.4, -0.2) is 29.1 Å². The number of aromatic nitrogens is 2. The number of aryl methyl sites for hydroxylation is 1. The number of nitrogens with one attached hydrogen (secondary N) is 3. The highest BCUT2D eigenvalue weighted by atomic mass is 35.5. The summed E-state index contributed by atoms with van der Waals surface area (Å²) in [6, 6.07) is 16.9. The second-order valence-electron chi connectivity index (χ2n) is 7.81. The average molecular weight is 500 g/mol. The highest BCUT2D eigenvalue weighted by Gasteiger charge is 2.30. The Kier molecular flexibility index (Phi) is 7.07. The number of carbonyl (C=O) groups excluding carboxylic acids is 1. The molecule has 0 unspecified atom stereocenters. The average Bonchev–Trinajstić information content (AvgIpc) is 2.81. The lowest BCUT2D eigenvalue weighted by Crippen LogP contribution is -2.32. The second kappa shape index (κ2) is 10.2. The van der Waals surface area contributed by atoms with Crippen molar-refractivity contribution in [3.63, 3.8) is 0 Å². The fraction of sp³-hybridized carbons (Fsp3) is 0.160. The molecule has 1 heterocycles. The first kappa shape index (κ1) is 24.3. The minimum absolute atomic E-state index is 0.241. The monoisotopic (exact) mass is 499 g/mol. The fourth-order valence-electron chi connectivity index (χ4n) is 3.34. The molecule has 0 fully saturated rings. The molecule has 1 aromatic heterocycles. The van der Waals surface area contributed by atoms with Crippen molar-refractivity contribution < 1.29 is 18.0 Å². The van der Waals surface area contributed by atoms with Crippen LogP contribution in [0.15, 0.2) is 66.7 Å². The molecule has 35 heavy (non-hydrogen) atoms. The Balaban J connectivity index is 1.40. The Labute approximate surface area is 204 Å². The Morgan fingerprint density at radius 2 is 1.66 bits per heavy atom. The van der Waals surface area contributed by atoms with Crippen LogP contribution in [0.4, 0.5) is 29.5 Å². The molecular formula is C25H21ClF3N5O. The van der Waals surface area contributed by atoms with Crippen molar-refractivity contribution in [2.45, 2.75) is 13.1 Å². The van der Waals surface area contributed by atoms with E-state index in [-0.39, 0.29) is 12.2 Å². The van der Waals surface area contributed by atoms with E-state index in [2.05, 4.69) is 25.9 Å². The van der Waals surface area contributed by atoms with E-state index in [1.54, 1.807) is 12.1 Å². The zero-order chi connectivity index (χ0) is 25.0. The van der Waals surface area contributed by atoms with Gasteiger partial charge in [0.1, 0.15) is 5.82 Å². The van der Waals surface area contributed by atoms with Gasteiger partial charge in [0.05, 0.1) is 11.1 Å². The number of halogens is 4. The van der Waals surface area contributed by atoms with Crippen LogP contribution in [-0.2, 0) is 6.18 Å². The molecule has 6 nitrogen and oxygen atoms in total. The van der Waals surface area contributed by atoms with Crippen molar-refractivity contribution in [3.8, 4) is 11.4 Å². The van der Waals surface area contributed by atoms with Gasteiger partial charge in [-0.15, -0.1) is 0 Å². The third-order valence-electron chi connectivity index (χ3n) is 5.14. The summed E-state index contributed by atoms with van der Waals surface area (Å²) in [5, 5.41) is 9.70. The zero-order valence-corrected chi connectivity index (χ0v) is 19.3. The predicted molar refractivity (Wildman–Crippen MR) is 132 cm³/mol. The molecule has 0 bridgehead atoms. The summed E-state index contributed by atoms with van der Waals surface area (Å²) < 4.78 is 38.0. The predicted octanol–water partition coefficient (Wildman–Crippen LogP) is 6.51. The van der Waals surface area contributed by atoms with Gasteiger partial charge in [-0.25, -0.2) is 14.8 Å². The number of hydrogen-bond acceptors (Lipinski definition) is 4. The maximum Gasteiger partial charge on any atom is 0.416 e. The van der Waals surface area contributed by atoms with Gasteiger partial charge < -0.3 is 16.0 Å². The molecule has 4 aromatic rings. The lowest BCUT2D eigenvalue weighted by atomic mass is 10.1. The minimum Gasteiger partial charge on any atom is -0.368 e. The highest BCUT2D eigenvalue weighted by molar-refractivity contribution is 6.31. The van der Waals surface area contributed by atoms with E-state index in [1.807, 2.05) is 37.3 Å². The Morgan fingerprint density at radius 1 is 0.943 bits per heavy atom. The molecule has 0 saturated carbocycles. The Hall–Kier alpha value is -3.85. The van der Waals surface area contributed by atoms with Crippen LogP contribution in [0.25, 0.3) is 22.3 Å². The smallest absolute Gasteiger partial charge is 0.368 e. The van der Waals surface area contributed by atoms with E-state index in [0.29, 0.717) is 28.7 Å². The molecule has 4 rings (SSSR count). The SMILES string of the molecule is Cc1ccc(-c2nc(NCCNC(=O)Nc3ccc(C(F)(F)F)cc3)c3ccc(Cl)cc3n2)cc1. The number of hydrogen-bond donors (Lipinski definition) is 3. The third kappa shape index (κ3) is 6.19. The number of fused-ring (bicyclic) bond motifs is 1. The number of anilines is 2. The van der Waals surface area contributed by atoms with E-state index in [0.717, 1.165) is 28.6 Å². The van der Waals surface area contributed by atoms with Gasteiger partial charge in [-0.05, 0) is 49.4 Å². The summed E-state index contributed by atoms with van der Waals surface area (Å²) >= 11 is 6.16. The molecule has 0 spiro atoms. The second-order valence-corrected chi connectivity index (χ2v) is 8.24. The number of benzene rings is 3. The largest absolute Gasteiger partial charge is 0.416 e. The molecule has 3 aromatic carbocycles. The van der Waals surface area contributed by atoms with Gasteiger partial charge in [0.15, 0.2) is 5.82 Å². The number of carbonyl (C=O) groups is 1. The van der Waals surface area contributed by atoms with Crippen molar-refractivity contribution >= 4 is 40.0 Å². The molecule has 180 valence electrons. The molecule has 0 radical (unpaired) electrons. The third-order valence-corrected chi connectivity index (χ3v) is 5.38. The summed E-state index contributed by atoms with van der Waals surface area (Å²) in [6.45, 7) is 2.59. The quantitative estimate of drug-likeness (QED) is 0.264. The standard InChI is InChI=1S/C25H21ClF3N5O/c1-15-2-4-16(5-3-15)22-33-21-14-18(26)8-11-20(21)23(34-22)30-12-13-31-24(35)32-19-9-6-17(7-10-19)25(27,28)29/h2-11,14H,12-13H2,1H3,(H,30,33,34)(H2,31,32,35). The number of urea groups is 1. The van der Waals surface area contributed by atoms with Crippen LogP contribution in [0.2, 0.25) is 5.02 Å². The number of nitrogens with zero attached hydrogens (tertiary/aromatic N) is 2. The summed E-state index contributed by atoms with van der Waals surface area (Å²) in [4.78, 5) is 21.4. The first-order valence-electron chi connectivity index (χ1n) is 10.7. The van der Waals surface area contributed by atoms with Crippen LogP contribution >= 0.6 is 11.6 Å². The van der Waals surface area contributed by atoms with Crippen LogP contribution in [0.1, 0.15) is 11.1 Å². The molecular weight excluding hydrogens is 479 g/mol. The van der Waals surface area contributed by atoms with Crippen LogP contribution in [0, 0.1) is 6.92 Å². The van der Waals surface area contributed by atoms with Crippen molar-refractivity contribution in [1.29, 1.82) is 0 Å². The van der Waals surface area contributed by atoms with Crippen molar-refractivity contribution in [2.24, 2.45) is 0 Å². The number of amides is 2. The van der Waals surface area contributed by atoms with Crippen LogP contribution < -0.4 is 16.0 Å². The molecule has 0 atom stereocenters. The number of rotatable bonds is 6. The summed E-state index contributed by atoms with van der Waals surface area (Å²) in [5.74, 6) is 1.13. The normalized spacial score (nSPS) is 11.3. The summed E-state index contributed by atoms with van der Waals surface area (Å²) in [7, 11) is 0. The molecule has 0 aliphatic carbocycles.